The molecule has 1 aromatic carbocycles. The maximum atomic E-state index is 13.5. The minimum absolute atomic E-state index is 0.0685. The summed E-state index contributed by atoms with van der Waals surface area (Å²) >= 11 is 0. The van der Waals surface area contributed by atoms with E-state index in [0.29, 0.717) is 17.8 Å². The van der Waals surface area contributed by atoms with E-state index in [1.54, 1.807) is 12.1 Å². The van der Waals surface area contributed by atoms with Crippen LogP contribution in [0.4, 0.5) is 5.69 Å². The lowest BCUT2D eigenvalue weighted by atomic mass is 9.48. The third-order valence-electron chi connectivity index (χ3n) is 9.16. The number of hydrogen-bond acceptors (Lipinski definition) is 4. The molecule has 1 N–H and O–H groups in total. The van der Waals surface area contributed by atoms with Crippen molar-refractivity contribution >= 4 is 17.5 Å². The van der Waals surface area contributed by atoms with Crippen LogP contribution in [0.3, 0.4) is 0 Å². The van der Waals surface area contributed by atoms with Crippen molar-refractivity contribution in [2.24, 2.45) is 28.6 Å². The highest BCUT2D eigenvalue weighted by Crippen LogP contribution is 2.64. The van der Waals surface area contributed by atoms with Gasteiger partial charge in [0, 0.05) is 17.5 Å². The molecule has 0 bridgehead atoms. The normalized spacial score (nSPS) is 40.7. The number of ketones is 1. The maximum Gasteiger partial charge on any atom is 0.269 e. The maximum absolute atomic E-state index is 13.5. The number of fused-ring (bicyclic) bond motifs is 5. The Kier molecular flexibility index (Phi) is 4.74. The Hall–Kier alpha value is -2.27. The zero-order chi connectivity index (χ0) is 22.0. The van der Waals surface area contributed by atoms with Crippen molar-refractivity contribution in [2.75, 3.05) is 0 Å². The van der Waals surface area contributed by atoms with Gasteiger partial charge in [-0.15, -0.1) is 0 Å². The number of aliphatic hydroxyl groups is 1. The molecule has 0 aliphatic heterocycles. The lowest BCUT2D eigenvalue weighted by Crippen LogP contribution is -2.50. The Morgan fingerprint density at radius 3 is 2.48 bits per heavy atom. The molecule has 5 rings (SSSR count). The minimum Gasteiger partial charge on any atom is -0.393 e. The molecule has 5 heteroatoms. The van der Waals surface area contributed by atoms with Gasteiger partial charge in [0.15, 0.2) is 5.78 Å². The predicted molar refractivity (Wildman–Crippen MR) is 119 cm³/mol. The molecular formula is C26H31NO4. The van der Waals surface area contributed by atoms with Crippen molar-refractivity contribution in [2.45, 2.75) is 64.9 Å². The van der Waals surface area contributed by atoms with Crippen molar-refractivity contribution in [1.29, 1.82) is 0 Å². The molecule has 0 heterocycles. The Morgan fingerprint density at radius 2 is 1.77 bits per heavy atom. The monoisotopic (exact) mass is 421 g/mol. The van der Waals surface area contributed by atoms with Crippen LogP contribution in [-0.2, 0) is 4.79 Å². The average Bonchev–Trinajstić information content (AvgIpc) is 2.99. The largest absolute Gasteiger partial charge is 0.393 e. The van der Waals surface area contributed by atoms with Crippen LogP contribution in [-0.4, -0.2) is 21.9 Å². The van der Waals surface area contributed by atoms with Gasteiger partial charge in [0.25, 0.3) is 5.69 Å². The van der Waals surface area contributed by atoms with Crippen molar-refractivity contribution in [3.05, 3.63) is 57.2 Å². The molecule has 1 aromatic rings. The SMILES string of the molecule is C[C@]12CC[C@@H](O)CC1=CC[C@H]1[C@H]2CC[C@]2(C)C(=O)/C(=C/c3ccc([N+](=O)[O-])cc3)C[C@H]12. The second-order valence-electron chi connectivity index (χ2n) is 10.7. The quantitative estimate of drug-likeness (QED) is 0.297. The molecule has 3 saturated carbocycles. The van der Waals surface area contributed by atoms with Crippen LogP contribution in [0.2, 0.25) is 0 Å². The number of allylic oxidation sites excluding steroid dienone is 2. The molecule has 0 radical (unpaired) electrons. The van der Waals surface area contributed by atoms with Crippen LogP contribution in [0.25, 0.3) is 6.08 Å². The highest BCUT2D eigenvalue weighted by Gasteiger charge is 2.59. The van der Waals surface area contributed by atoms with Crippen LogP contribution in [0.5, 0.6) is 0 Å². The van der Waals surface area contributed by atoms with Crippen molar-refractivity contribution < 1.29 is 14.8 Å². The first-order valence-electron chi connectivity index (χ1n) is 11.6. The average molecular weight is 422 g/mol. The number of carbonyl (C=O) groups is 1. The summed E-state index contributed by atoms with van der Waals surface area (Å²) in [5, 5.41) is 21.1. The van der Waals surface area contributed by atoms with Gasteiger partial charge in [-0.3, -0.25) is 14.9 Å². The summed E-state index contributed by atoms with van der Waals surface area (Å²) < 4.78 is 0. The first kappa shape index (κ1) is 20.6. The van der Waals surface area contributed by atoms with Gasteiger partial charge in [0.2, 0.25) is 0 Å². The first-order valence-corrected chi connectivity index (χ1v) is 11.6. The fourth-order valence-corrected chi connectivity index (χ4v) is 7.33. The van der Waals surface area contributed by atoms with Crippen LogP contribution in [0.15, 0.2) is 41.5 Å². The lowest BCUT2D eigenvalue weighted by Gasteiger charge is -2.56. The van der Waals surface area contributed by atoms with Gasteiger partial charge >= 0.3 is 0 Å². The number of nitro groups is 1. The van der Waals surface area contributed by atoms with E-state index in [4.69, 9.17) is 0 Å². The number of aliphatic hydroxyl groups excluding tert-OH is 1. The Labute approximate surface area is 183 Å². The molecule has 4 aliphatic carbocycles. The summed E-state index contributed by atoms with van der Waals surface area (Å²) in [6.07, 6.45) is 10.7. The molecule has 0 spiro atoms. The zero-order valence-corrected chi connectivity index (χ0v) is 18.3. The van der Waals surface area contributed by atoms with E-state index in [0.717, 1.165) is 56.1 Å². The predicted octanol–water partition coefficient (Wildman–Crippen LogP) is 5.48. The van der Waals surface area contributed by atoms with Crippen LogP contribution in [0.1, 0.15) is 64.4 Å². The molecule has 0 unspecified atom stereocenters. The summed E-state index contributed by atoms with van der Waals surface area (Å²) in [4.78, 5) is 24.0. The van der Waals surface area contributed by atoms with Crippen molar-refractivity contribution in [3.63, 3.8) is 0 Å². The summed E-state index contributed by atoms with van der Waals surface area (Å²) in [6.45, 7) is 4.56. The van der Waals surface area contributed by atoms with Gasteiger partial charge in [-0.25, -0.2) is 0 Å². The minimum atomic E-state index is -0.400. The van der Waals surface area contributed by atoms with Crippen LogP contribution >= 0.6 is 0 Å². The Balaban J connectivity index is 1.44. The fourth-order valence-electron chi connectivity index (χ4n) is 7.33. The Bertz CT molecular complexity index is 993. The highest BCUT2D eigenvalue weighted by atomic mass is 16.6. The molecule has 5 nitrogen and oxygen atoms in total. The number of non-ortho nitro benzene ring substituents is 1. The second kappa shape index (κ2) is 7.13. The topological polar surface area (TPSA) is 80.4 Å². The van der Waals surface area contributed by atoms with E-state index in [9.17, 15) is 20.0 Å². The molecule has 0 saturated heterocycles. The zero-order valence-electron chi connectivity index (χ0n) is 18.3. The number of benzene rings is 1. The summed E-state index contributed by atoms with van der Waals surface area (Å²) in [7, 11) is 0. The molecule has 4 aliphatic rings. The van der Waals surface area contributed by atoms with E-state index in [1.165, 1.54) is 17.7 Å². The molecule has 0 amide bonds. The third kappa shape index (κ3) is 3.12. The smallest absolute Gasteiger partial charge is 0.269 e. The molecule has 3 fully saturated rings. The van der Waals surface area contributed by atoms with Gasteiger partial charge < -0.3 is 5.11 Å². The van der Waals surface area contributed by atoms with Crippen molar-refractivity contribution in [1.82, 2.24) is 0 Å². The number of hydrogen-bond donors (Lipinski definition) is 1. The van der Waals surface area contributed by atoms with Crippen LogP contribution in [0, 0.1) is 38.7 Å². The summed E-state index contributed by atoms with van der Waals surface area (Å²) in [5.41, 5.74) is 3.11. The highest BCUT2D eigenvalue weighted by molar-refractivity contribution is 6.06. The second-order valence-corrected chi connectivity index (χ2v) is 10.7. The van der Waals surface area contributed by atoms with E-state index in [2.05, 4.69) is 19.9 Å². The molecule has 31 heavy (non-hydrogen) atoms. The molecular weight excluding hydrogens is 390 g/mol. The number of nitro benzene ring substituents is 1. The van der Waals surface area contributed by atoms with Gasteiger partial charge in [0.05, 0.1) is 11.0 Å². The molecule has 0 aromatic heterocycles. The molecule has 164 valence electrons. The third-order valence-corrected chi connectivity index (χ3v) is 9.16. The van der Waals surface area contributed by atoms with Crippen molar-refractivity contribution in [3.8, 4) is 0 Å². The first-order chi connectivity index (χ1) is 14.7. The lowest BCUT2D eigenvalue weighted by molar-refractivity contribution is -0.384. The number of carbonyl (C=O) groups excluding carboxylic acids is 1. The Morgan fingerprint density at radius 1 is 1.06 bits per heavy atom. The van der Waals surface area contributed by atoms with E-state index in [1.807, 2.05) is 6.08 Å². The van der Waals surface area contributed by atoms with Gasteiger partial charge in [-0.05, 0) is 97.5 Å². The number of nitrogens with zero attached hydrogens (tertiary/aromatic N) is 1. The number of rotatable bonds is 2. The standard InChI is InChI=1S/C26H31NO4/c1-25-11-9-20(28)15-18(25)5-8-21-22(25)10-12-26(2)23(21)14-17(24(26)29)13-16-3-6-19(7-4-16)27(30)31/h3-7,13,20-23,28H,8-12,14-15H2,1-2H3/b17-13+/t20-,21+,22-,23-,25+,26+/m1/s1. The van der Waals surface area contributed by atoms with Gasteiger partial charge in [-0.2, -0.15) is 0 Å². The van der Waals surface area contributed by atoms with Crippen LogP contribution < -0.4 is 0 Å². The van der Waals surface area contributed by atoms with Gasteiger partial charge in [-0.1, -0.05) is 25.5 Å². The van der Waals surface area contributed by atoms with E-state index in [-0.39, 0.29) is 28.4 Å². The van der Waals surface area contributed by atoms with E-state index >= 15 is 0 Å². The summed E-state index contributed by atoms with van der Waals surface area (Å²) in [6, 6.07) is 6.47. The van der Waals surface area contributed by atoms with E-state index < -0.39 is 4.92 Å². The fraction of sp³-hybridized carbons (Fsp3) is 0.577. The molecule has 6 atom stereocenters. The van der Waals surface area contributed by atoms with Gasteiger partial charge in [0.1, 0.15) is 0 Å². The summed E-state index contributed by atoms with van der Waals surface area (Å²) in [5.74, 6) is 1.72. The number of Topliss-reactive ketones (excluding diaryl/α,β-unsaturated/α-hetero) is 1.